The van der Waals surface area contributed by atoms with E-state index in [4.69, 9.17) is 0 Å². The third kappa shape index (κ3) is 3.42. The van der Waals surface area contributed by atoms with Crippen LogP contribution in [-0.4, -0.2) is 16.5 Å². The van der Waals surface area contributed by atoms with E-state index in [1.54, 1.807) is 0 Å². The highest BCUT2D eigenvalue weighted by Gasteiger charge is 2.03. The third-order valence-electron chi connectivity index (χ3n) is 2.82. The zero-order valence-corrected chi connectivity index (χ0v) is 12.4. The number of rotatable bonds is 5. The van der Waals surface area contributed by atoms with Gasteiger partial charge in [-0.1, -0.05) is 13.8 Å². The van der Waals surface area contributed by atoms with Gasteiger partial charge in [0.25, 0.3) is 0 Å². The molecule has 0 amide bonds. The third-order valence-corrected chi connectivity index (χ3v) is 3.25. The predicted octanol–water partition coefficient (Wildman–Crippen LogP) is 4.24. The lowest BCUT2D eigenvalue weighted by molar-refractivity contribution is 0.567. The van der Waals surface area contributed by atoms with Crippen molar-refractivity contribution in [1.82, 2.24) is 9.97 Å². The summed E-state index contributed by atoms with van der Waals surface area (Å²) >= 11 is 3.41. The quantitative estimate of drug-likeness (QED) is 0.840. The first kappa shape index (κ1) is 13.3. The summed E-state index contributed by atoms with van der Waals surface area (Å²) in [5, 5.41) is 3.44. The summed E-state index contributed by atoms with van der Waals surface area (Å²) in [4.78, 5) is 8.75. The highest BCUT2D eigenvalue weighted by atomic mass is 79.9. The summed E-state index contributed by atoms with van der Waals surface area (Å²) < 4.78 is 0.958. The van der Waals surface area contributed by atoms with Gasteiger partial charge in [-0.3, -0.25) is 9.97 Å². The van der Waals surface area contributed by atoms with Crippen molar-refractivity contribution in [3.05, 3.63) is 29.0 Å². The fraction of sp³-hybridized carbons (Fsp3) is 0.429. The van der Waals surface area contributed by atoms with E-state index in [-0.39, 0.29) is 0 Å². The van der Waals surface area contributed by atoms with Gasteiger partial charge in [0.05, 0.1) is 11.2 Å². The first-order chi connectivity index (χ1) is 8.66. The zero-order valence-electron chi connectivity index (χ0n) is 10.8. The minimum Gasteiger partial charge on any atom is -0.383 e. The normalized spacial score (nSPS) is 11.1. The van der Waals surface area contributed by atoms with Crippen molar-refractivity contribution < 1.29 is 0 Å². The molecule has 0 aliphatic carbocycles. The molecule has 1 N–H and O–H groups in total. The minimum absolute atomic E-state index is 0.759. The van der Waals surface area contributed by atoms with Crippen molar-refractivity contribution >= 4 is 32.7 Å². The van der Waals surface area contributed by atoms with Crippen molar-refractivity contribution in [3.63, 3.8) is 0 Å². The van der Waals surface area contributed by atoms with Crippen molar-refractivity contribution in [3.8, 4) is 0 Å². The number of anilines is 1. The number of halogens is 1. The van der Waals surface area contributed by atoms with Gasteiger partial charge in [-0.15, -0.1) is 0 Å². The Hall–Kier alpha value is -1.16. The summed E-state index contributed by atoms with van der Waals surface area (Å²) in [5.74, 6) is 0.759. The van der Waals surface area contributed by atoms with Crippen molar-refractivity contribution in [2.24, 2.45) is 5.92 Å². The molecule has 0 bridgehead atoms. The number of hydrogen-bond donors (Lipinski definition) is 1. The maximum absolute atomic E-state index is 4.42. The molecule has 0 unspecified atom stereocenters. The number of aromatic nitrogens is 2. The largest absolute Gasteiger partial charge is 0.383 e. The maximum atomic E-state index is 4.42. The molecule has 0 spiro atoms. The molecule has 18 heavy (non-hydrogen) atoms. The molecule has 0 saturated carbocycles. The van der Waals surface area contributed by atoms with E-state index in [1.165, 1.54) is 12.8 Å². The van der Waals surface area contributed by atoms with E-state index in [9.17, 15) is 0 Å². The molecule has 2 rings (SSSR count). The Balaban J connectivity index is 2.08. The van der Waals surface area contributed by atoms with E-state index in [0.717, 1.165) is 33.7 Å². The van der Waals surface area contributed by atoms with E-state index in [0.29, 0.717) is 0 Å². The van der Waals surface area contributed by atoms with Crippen LogP contribution < -0.4 is 5.32 Å². The molecule has 0 aliphatic rings. The average Bonchev–Trinajstić information content (AvgIpc) is 2.34. The fourth-order valence-electron chi connectivity index (χ4n) is 1.88. The van der Waals surface area contributed by atoms with Crippen LogP contribution in [0, 0.1) is 5.92 Å². The van der Waals surface area contributed by atoms with Crippen LogP contribution in [0.2, 0.25) is 0 Å². The van der Waals surface area contributed by atoms with E-state index in [2.05, 4.69) is 45.1 Å². The van der Waals surface area contributed by atoms with Crippen LogP contribution in [-0.2, 0) is 0 Å². The van der Waals surface area contributed by atoms with Crippen molar-refractivity contribution in [2.45, 2.75) is 26.7 Å². The van der Waals surface area contributed by atoms with Gasteiger partial charge in [0.1, 0.15) is 5.52 Å². The molecule has 2 aromatic heterocycles. The minimum atomic E-state index is 0.759. The van der Waals surface area contributed by atoms with E-state index in [1.807, 2.05) is 24.5 Å². The second kappa shape index (κ2) is 6.14. The Bertz CT molecular complexity index is 525. The highest BCUT2D eigenvalue weighted by molar-refractivity contribution is 9.10. The molecule has 0 aromatic carbocycles. The second-order valence-electron chi connectivity index (χ2n) is 4.84. The van der Waals surface area contributed by atoms with Gasteiger partial charge in [-0.05, 0) is 46.8 Å². The van der Waals surface area contributed by atoms with Gasteiger partial charge in [0, 0.05) is 23.4 Å². The molecule has 4 heteroatoms. The number of fused-ring (bicyclic) bond motifs is 1. The van der Waals surface area contributed by atoms with Crippen LogP contribution in [0.25, 0.3) is 11.0 Å². The van der Waals surface area contributed by atoms with Gasteiger partial charge < -0.3 is 5.32 Å². The van der Waals surface area contributed by atoms with E-state index >= 15 is 0 Å². The Morgan fingerprint density at radius 2 is 2.17 bits per heavy atom. The lowest BCUT2D eigenvalue weighted by Crippen LogP contribution is -2.04. The highest BCUT2D eigenvalue weighted by Crippen LogP contribution is 2.22. The van der Waals surface area contributed by atoms with Crippen LogP contribution in [0.1, 0.15) is 26.7 Å². The lowest BCUT2D eigenvalue weighted by Gasteiger charge is -2.09. The van der Waals surface area contributed by atoms with Crippen LogP contribution >= 0.6 is 15.9 Å². The zero-order chi connectivity index (χ0) is 13.0. The Morgan fingerprint density at radius 3 is 2.94 bits per heavy atom. The summed E-state index contributed by atoms with van der Waals surface area (Å²) in [6, 6.07) is 3.97. The van der Waals surface area contributed by atoms with Crippen LogP contribution in [0.5, 0.6) is 0 Å². The standard InChI is InChI=1S/C14H18BrN3/c1-10(2)4-3-6-16-12-5-7-17-13-8-11(15)9-18-14(12)13/h5,7-10H,3-4,6H2,1-2H3,(H,16,17). The van der Waals surface area contributed by atoms with Crippen LogP contribution in [0.3, 0.4) is 0 Å². The number of nitrogens with zero attached hydrogens (tertiary/aromatic N) is 2. The van der Waals surface area contributed by atoms with Crippen LogP contribution in [0.4, 0.5) is 5.69 Å². The van der Waals surface area contributed by atoms with Gasteiger partial charge in [0.2, 0.25) is 0 Å². The summed E-state index contributed by atoms with van der Waals surface area (Å²) in [6.07, 6.45) is 6.05. The average molecular weight is 308 g/mol. The SMILES string of the molecule is CC(C)CCCNc1ccnc2cc(Br)cnc12. The summed E-state index contributed by atoms with van der Waals surface area (Å²) in [5.41, 5.74) is 2.92. The van der Waals surface area contributed by atoms with Gasteiger partial charge in [-0.2, -0.15) is 0 Å². The Labute approximate surface area is 116 Å². The molecular formula is C14H18BrN3. The molecule has 3 nitrogen and oxygen atoms in total. The second-order valence-corrected chi connectivity index (χ2v) is 5.76. The van der Waals surface area contributed by atoms with Gasteiger partial charge >= 0.3 is 0 Å². The maximum Gasteiger partial charge on any atom is 0.112 e. The molecule has 0 saturated heterocycles. The smallest absolute Gasteiger partial charge is 0.112 e. The first-order valence-electron chi connectivity index (χ1n) is 6.31. The molecule has 0 radical (unpaired) electrons. The van der Waals surface area contributed by atoms with E-state index < -0.39 is 0 Å². The number of pyridine rings is 2. The fourth-order valence-corrected chi connectivity index (χ4v) is 2.20. The summed E-state index contributed by atoms with van der Waals surface area (Å²) in [7, 11) is 0. The number of nitrogens with one attached hydrogen (secondary N) is 1. The monoisotopic (exact) mass is 307 g/mol. The molecule has 0 atom stereocenters. The predicted molar refractivity (Wildman–Crippen MR) is 79.8 cm³/mol. The molecule has 96 valence electrons. The molecule has 2 aromatic rings. The topological polar surface area (TPSA) is 37.8 Å². The first-order valence-corrected chi connectivity index (χ1v) is 7.10. The van der Waals surface area contributed by atoms with Gasteiger partial charge in [-0.25, -0.2) is 0 Å². The number of hydrogen-bond acceptors (Lipinski definition) is 3. The molecule has 0 aliphatic heterocycles. The Kier molecular flexibility index (Phi) is 4.53. The molecule has 2 heterocycles. The van der Waals surface area contributed by atoms with Gasteiger partial charge in [0.15, 0.2) is 0 Å². The molecule has 0 fully saturated rings. The van der Waals surface area contributed by atoms with Crippen molar-refractivity contribution in [1.29, 1.82) is 0 Å². The molecular weight excluding hydrogens is 290 g/mol. The Morgan fingerprint density at radius 1 is 1.33 bits per heavy atom. The van der Waals surface area contributed by atoms with Crippen molar-refractivity contribution in [2.75, 3.05) is 11.9 Å². The summed E-state index contributed by atoms with van der Waals surface area (Å²) in [6.45, 7) is 5.48. The lowest BCUT2D eigenvalue weighted by atomic mass is 10.1. The van der Waals surface area contributed by atoms with Crippen LogP contribution in [0.15, 0.2) is 29.0 Å².